The molecule has 72 valence electrons. The molecule has 1 aromatic heterocycles. The molecule has 0 spiro atoms. The van der Waals surface area contributed by atoms with Gasteiger partial charge in [-0.25, -0.2) is 4.98 Å². The Kier molecular flexibility index (Phi) is 2.51. The zero-order valence-electron chi connectivity index (χ0n) is 7.21. The predicted molar refractivity (Wildman–Crippen MR) is 52.2 cm³/mol. The molecule has 0 amide bonds. The lowest BCUT2D eigenvalue weighted by molar-refractivity contribution is 0.535. The van der Waals surface area contributed by atoms with Gasteiger partial charge in [0.15, 0.2) is 0 Å². The van der Waals surface area contributed by atoms with Crippen LogP contribution in [0.4, 0.5) is 0 Å². The molecule has 0 saturated carbocycles. The zero-order chi connectivity index (χ0) is 9.97. The fourth-order valence-electron chi connectivity index (χ4n) is 1.19. The summed E-state index contributed by atoms with van der Waals surface area (Å²) in [6.07, 6.45) is 1.48. The Morgan fingerprint density at radius 2 is 2.00 bits per heavy atom. The van der Waals surface area contributed by atoms with Crippen molar-refractivity contribution in [2.75, 3.05) is 0 Å². The third-order valence-corrected chi connectivity index (χ3v) is 2.30. The minimum Gasteiger partial charge on any atom is -0.772 e. The van der Waals surface area contributed by atoms with E-state index in [1.165, 1.54) is 6.20 Å². The Morgan fingerprint density at radius 1 is 1.29 bits per heavy atom. The van der Waals surface area contributed by atoms with Crippen LogP contribution in [0.25, 0.3) is 11.0 Å². The average Bonchev–Trinajstić information content (AvgIpc) is 2.17. The lowest BCUT2D eigenvalue weighted by Crippen LogP contribution is -1.97. The number of fused-ring (bicyclic) bond motifs is 1. The molecule has 1 aromatic carbocycles. The minimum atomic E-state index is -2.11. The lowest BCUT2D eigenvalue weighted by Gasteiger charge is -2.04. The van der Waals surface area contributed by atoms with Crippen molar-refractivity contribution in [3.8, 4) is 0 Å². The smallest absolute Gasteiger partial charge is 0.0890 e. The SMILES string of the molecule is O=S([O-])Cc1cnc2ccccc2n1. The van der Waals surface area contributed by atoms with Crippen LogP contribution in [0.2, 0.25) is 0 Å². The third-order valence-electron chi connectivity index (χ3n) is 1.76. The average molecular weight is 207 g/mol. The summed E-state index contributed by atoms with van der Waals surface area (Å²) in [6.45, 7) is 0. The molecule has 4 nitrogen and oxygen atoms in total. The van der Waals surface area contributed by atoms with Gasteiger partial charge >= 0.3 is 0 Å². The molecule has 2 rings (SSSR count). The number of rotatable bonds is 2. The molecule has 0 aliphatic heterocycles. The zero-order valence-corrected chi connectivity index (χ0v) is 8.03. The fraction of sp³-hybridized carbons (Fsp3) is 0.111. The topological polar surface area (TPSA) is 65.9 Å². The number of benzene rings is 1. The minimum absolute atomic E-state index is 0.0855. The molecule has 1 atom stereocenters. The summed E-state index contributed by atoms with van der Waals surface area (Å²) < 4.78 is 20.9. The van der Waals surface area contributed by atoms with Crippen LogP contribution in [0, 0.1) is 0 Å². The molecule has 1 unspecified atom stereocenters. The number of hydrogen-bond donors (Lipinski definition) is 0. The van der Waals surface area contributed by atoms with E-state index < -0.39 is 11.1 Å². The first kappa shape index (κ1) is 9.23. The van der Waals surface area contributed by atoms with Gasteiger partial charge in [-0.3, -0.25) is 9.19 Å². The van der Waals surface area contributed by atoms with Crippen molar-refractivity contribution in [3.05, 3.63) is 36.2 Å². The van der Waals surface area contributed by atoms with Gasteiger partial charge in [0, 0.05) is 0 Å². The summed E-state index contributed by atoms with van der Waals surface area (Å²) in [4.78, 5) is 8.26. The molecule has 0 fully saturated rings. The Morgan fingerprint density at radius 3 is 2.71 bits per heavy atom. The van der Waals surface area contributed by atoms with Crippen LogP contribution in [0.3, 0.4) is 0 Å². The van der Waals surface area contributed by atoms with Crippen molar-refractivity contribution >= 4 is 22.1 Å². The first-order chi connectivity index (χ1) is 6.75. The van der Waals surface area contributed by atoms with Crippen molar-refractivity contribution in [2.24, 2.45) is 0 Å². The van der Waals surface area contributed by atoms with E-state index in [1.54, 1.807) is 6.07 Å². The highest BCUT2D eigenvalue weighted by Gasteiger charge is 1.98. The summed E-state index contributed by atoms with van der Waals surface area (Å²) in [5.41, 5.74) is 1.96. The van der Waals surface area contributed by atoms with E-state index in [4.69, 9.17) is 0 Å². The Labute approximate surface area is 83.3 Å². The van der Waals surface area contributed by atoms with Gasteiger partial charge in [0.05, 0.1) is 28.7 Å². The quantitative estimate of drug-likeness (QED) is 0.689. The van der Waals surface area contributed by atoms with E-state index in [0.717, 1.165) is 11.0 Å². The van der Waals surface area contributed by atoms with Crippen LogP contribution in [0.5, 0.6) is 0 Å². The lowest BCUT2D eigenvalue weighted by atomic mass is 10.3. The second kappa shape index (κ2) is 3.81. The molecular formula is C9H7N2O2S-. The van der Waals surface area contributed by atoms with Crippen LogP contribution in [-0.4, -0.2) is 18.7 Å². The molecule has 1 heterocycles. The monoisotopic (exact) mass is 207 g/mol. The van der Waals surface area contributed by atoms with Crippen LogP contribution in [0.15, 0.2) is 30.5 Å². The molecule has 0 radical (unpaired) electrons. The van der Waals surface area contributed by atoms with Crippen molar-refractivity contribution in [1.82, 2.24) is 9.97 Å². The van der Waals surface area contributed by atoms with Gasteiger partial charge in [-0.1, -0.05) is 12.1 Å². The first-order valence-corrected chi connectivity index (χ1v) is 5.26. The number of aromatic nitrogens is 2. The number of nitrogens with zero attached hydrogens (tertiary/aromatic N) is 2. The van der Waals surface area contributed by atoms with Crippen LogP contribution in [0.1, 0.15) is 5.69 Å². The maximum atomic E-state index is 10.4. The molecule has 2 aromatic rings. The third kappa shape index (κ3) is 1.94. The standard InChI is InChI=1S/C9H8N2O2S/c12-14(13)6-7-5-10-8-3-1-2-4-9(8)11-7/h1-5H,6H2,(H,12,13)/p-1. The summed E-state index contributed by atoms with van der Waals surface area (Å²) in [5.74, 6) is -0.0855. The molecule has 0 saturated heterocycles. The van der Waals surface area contributed by atoms with Crippen LogP contribution >= 0.6 is 0 Å². The van der Waals surface area contributed by atoms with Crippen LogP contribution < -0.4 is 0 Å². The second-order valence-corrected chi connectivity index (χ2v) is 3.69. The summed E-state index contributed by atoms with van der Waals surface area (Å²) >= 11 is -2.11. The van der Waals surface area contributed by atoms with E-state index in [1.807, 2.05) is 18.2 Å². The van der Waals surface area contributed by atoms with Gasteiger partial charge in [0.2, 0.25) is 0 Å². The van der Waals surface area contributed by atoms with Gasteiger partial charge in [-0.15, -0.1) is 0 Å². The molecule has 14 heavy (non-hydrogen) atoms. The second-order valence-electron chi connectivity index (χ2n) is 2.80. The summed E-state index contributed by atoms with van der Waals surface area (Å²) in [7, 11) is 0. The van der Waals surface area contributed by atoms with Crippen molar-refractivity contribution in [3.63, 3.8) is 0 Å². The number of hydrogen-bond acceptors (Lipinski definition) is 4. The maximum absolute atomic E-state index is 10.4. The summed E-state index contributed by atoms with van der Waals surface area (Å²) in [6, 6.07) is 7.34. The van der Waals surface area contributed by atoms with Crippen molar-refractivity contribution in [1.29, 1.82) is 0 Å². The molecule has 0 bridgehead atoms. The van der Waals surface area contributed by atoms with Gasteiger partial charge in [-0.2, -0.15) is 0 Å². The van der Waals surface area contributed by atoms with Gasteiger partial charge in [0.1, 0.15) is 0 Å². The molecular weight excluding hydrogens is 200 g/mol. The van der Waals surface area contributed by atoms with Crippen molar-refractivity contribution < 1.29 is 8.76 Å². The van der Waals surface area contributed by atoms with E-state index >= 15 is 0 Å². The van der Waals surface area contributed by atoms with E-state index in [2.05, 4.69) is 9.97 Å². The molecule has 0 aliphatic carbocycles. The number of para-hydroxylation sites is 2. The Hall–Kier alpha value is -1.33. The van der Waals surface area contributed by atoms with E-state index in [9.17, 15) is 8.76 Å². The highest BCUT2D eigenvalue weighted by atomic mass is 32.2. The normalized spacial score (nSPS) is 12.9. The Balaban J connectivity index is 2.46. The van der Waals surface area contributed by atoms with E-state index in [-0.39, 0.29) is 5.75 Å². The largest absolute Gasteiger partial charge is 0.772 e. The predicted octanol–water partition coefficient (Wildman–Crippen LogP) is 1.01. The summed E-state index contributed by atoms with van der Waals surface area (Å²) in [5, 5.41) is 0. The van der Waals surface area contributed by atoms with Gasteiger partial charge in [-0.05, 0) is 23.2 Å². The van der Waals surface area contributed by atoms with Gasteiger partial charge < -0.3 is 4.55 Å². The Bertz CT molecular complexity index is 487. The molecule has 5 heteroatoms. The fourth-order valence-corrected chi connectivity index (χ4v) is 1.57. The molecule has 0 aliphatic rings. The maximum Gasteiger partial charge on any atom is 0.0890 e. The van der Waals surface area contributed by atoms with Crippen molar-refractivity contribution in [2.45, 2.75) is 5.75 Å². The van der Waals surface area contributed by atoms with E-state index in [0.29, 0.717) is 5.69 Å². The van der Waals surface area contributed by atoms with Crippen LogP contribution in [-0.2, 0) is 16.8 Å². The first-order valence-electron chi connectivity index (χ1n) is 4.02. The highest BCUT2D eigenvalue weighted by molar-refractivity contribution is 7.78. The highest BCUT2D eigenvalue weighted by Crippen LogP contribution is 2.08. The molecule has 0 N–H and O–H groups in total. The van der Waals surface area contributed by atoms with Gasteiger partial charge in [0.25, 0.3) is 0 Å².